The van der Waals surface area contributed by atoms with E-state index in [1.54, 1.807) is 0 Å². The number of nitrogens with zero attached hydrogens (tertiary/aromatic N) is 2. The molecule has 1 amide bonds. The van der Waals surface area contributed by atoms with Crippen molar-refractivity contribution in [3.8, 4) is 0 Å². The van der Waals surface area contributed by atoms with Gasteiger partial charge in [0, 0.05) is 25.3 Å². The quantitative estimate of drug-likeness (QED) is 0.636. The molecule has 1 saturated heterocycles. The molecule has 1 N–H and O–H groups in total. The van der Waals surface area contributed by atoms with E-state index in [4.69, 9.17) is 0 Å². The van der Waals surface area contributed by atoms with Gasteiger partial charge in [-0.05, 0) is 52.2 Å². The third-order valence-electron chi connectivity index (χ3n) is 4.43. The molecule has 1 fully saturated rings. The Balaban J connectivity index is 1.99. The van der Waals surface area contributed by atoms with E-state index in [1.807, 2.05) is 6.92 Å². The molecule has 1 aromatic rings. The Morgan fingerprint density at radius 3 is 2.62 bits per heavy atom. The summed E-state index contributed by atoms with van der Waals surface area (Å²) in [5.74, 6) is 1.03. The molecule has 0 aliphatic carbocycles. The Hall–Kier alpha value is -2.36. The van der Waals surface area contributed by atoms with Crippen LogP contribution in [0.25, 0.3) is 0 Å². The highest BCUT2D eigenvalue weighted by Crippen LogP contribution is 2.19. The molecular formula is C22H31N3O. The molecule has 140 valence electrons. The van der Waals surface area contributed by atoms with Gasteiger partial charge in [0.05, 0.1) is 5.92 Å². The van der Waals surface area contributed by atoms with Crippen molar-refractivity contribution in [2.24, 2.45) is 10.9 Å². The number of nitrogens with one attached hydrogen (secondary N) is 1. The third kappa shape index (κ3) is 6.17. The second-order valence-electron chi connectivity index (χ2n) is 7.42. The number of aryl methyl sites for hydroxylation is 1. The van der Waals surface area contributed by atoms with Crippen LogP contribution in [0.1, 0.15) is 44.7 Å². The van der Waals surface area contributed by atoms with Gasteiger partial charge < -0.3 is 10.2 Å². The third-order valence-corrected chi connectivity index (χ3v) is 4.43. The van der Waals surface area contributed by atoms with Gasteiger partial charge >= 0.3 is 0 Å². The molecule has 4 nitrogen and oxygen atoms in total. The van der Waals surface area contributed by atoms with Crippen molar-refractivity contribution in [1.29, 1.82) is 0 Å². The smallest absolute Gasteiger partial charge is 0.225 e. The topological polar surface area (TPSA) is 44.7 Å². The van der Waals surface area contributed by atoms with Gasteiger partial charge in [0.1, 0.15) is 5.84 Å². The first kappa shape index (κ1) is 20.0. The van der Waals surface area contributed by atoms with Crippen LogP contribution in [0.3, 0.4) is 0 Å². The highest BCUT2D eigenvalue weighted by atomic mass is 16.1. The largest absolute Gasteiger partial charge is 0.356 e. The molecule has 1 aliphatic rings. The SMILES string of the molecule is C=C(C)N=C(C=C(C)C)N1CCCC(C(=O)NCc2ccc(C)cc2)C1. The maximum atomic E-state index is 12.6. The van der Waals surface area contributed by atoms with Crippen LogP contribution in [0.4, 0.5) is 0 Å². The van der Waals surface area contributed by atoms with E-state index in [1.165, 1.54) is 11.1 Å². The second-order valence-corrected chi connectivity index (χ2v) is 7.42. The Kier molecular flexibility index (Phi) is 7.19. The molecule has 1 aromatic carbocycles. The zero-order valence-electron chi connectivity index (χ0n) is 16.5. The Labute approximate surface area is 157 Å². The van der Waals surface area contributed by atoms with E-state index in [2.05, 4.69) is 72.9 Å². The molecule has 0 bridgehead atoms. The summed E-state index contributed by atoms with van der Waals surface area (Å²) in [7, 11) is 0. The van der Waals surface area contributed by atoms with Crippen LogP contribution in [0, 0.1) is 12.8 Å². The van der Waals surface area contributed by atoms with E-state index < -0.39 is 0 Å². The fourth-order valence-electron chi connectivity index (χ4n) is 3.09. The lowest BCUT2D eigenvalue weighted by molar-refractivity contribution is -0.126. The Bertz CT molecular complexity index is 697. The number of aliphatic imine (C=N–C) groups is 1. The summed E-state index contributed by atoms with van der Waals surface area (Å²) < 4.78 is 0. The van der Waals surface area contributed by atoms with Crippen molar-refractivity contribution in [2.45, 2.75) is 47.1 Å². The first-order chi connectivity index (χ1) is 12.3. The molecule has 4 heteroatoms. The summed E-state index contributed by atoms with van der Waals surface area (Å²) >= 11 is 0. The number of carbonyl (C=O) groups excluding carboxylic acids is 1. The number of benzene rings is 1. The summed E-state index contributed by atoms with van der Waals surface area (Å²) in [6, 6.07) is 8.28. The average molecular weight is 354 g/mol. The van der Waals surface area contributed by atoms with Gasteiger partial charge in [-0.3, -0.25) is 4.79 Å². The van der Waals surface area contributed by atoms with Crippen molar-refractivity contribution in [3.63, 3.8) is 0 Å². The fourth-order valence-corrected chi connectivity index (χ4v) is 3.09. The monoisotopic (exact) mass is 353 g/mol. The standard InChI is InChI=1S/C22H31N3O/c1-16(2)13-21(24-17(3)4)25-12-6-7-20(15-25)22(26)23-14-19-10-8-18(5)9-11-19/h8-11,13,20H,3,6-7,12,14-15H2,1-2,4-5H3,(H,23,26). The predicted molar refractivity (Wildman–Crippen MR) is 109 cm³/mol. The second kappa shape index (κ2) is 9.37. The minimum absolute atomic E-state index is 0.00455. The van der Waals surface area contributed by atoms with Crippen molar-refractivity contribution < 1.29 is 4.79 Å². The van der Waals surface area contributed by atoms with Crippen LogP contribution >= 0.6 is 0 Å². The summed E-state index contributed by atoms with van der Waals surface area (Å²) in [4.78, 5) is 19.4. The lowest BCUT2D eigenvalue weighted by Crippen LogP contribution is -2.45. The maximum absolute atomic E-state index is 12.6. The van der Waals surface area contributed by atoms with E-state index >= 15 is 0 Å². The molecule has 0 radical (unpaired) electrons. The number of hydrogen-bond acceptors (Lipinski definition) is 2. The molecule has 0 aromatic heterocycles. The van der Waals surface area contributed by atoms with Crippen LogP contribution in [-0.2, 0) is 11.3 Å². The van der Waals surface area contributed by atoms with Gasteiger partial charge in [0.25, 0.3) is 0 Å². The first-order valence-electron chi connectivity index (χ1n) is 9.32. The lowest BCUT2D eigenvalue weighted by Gasteiger charge is -2.33. The zero-order chi connectivity index (χ0) is 19.1. The minimum atomic E-state index is -0.00455. The van der Waals surface area contributed by atoms with Gasteiger partial charge in [-0.2, -0.15) is 0 Å². The highest BCUT2D eigenvalue weighted by Gasteiger charge is 2.26. The summed E-state index contributed by atoms with van der Waals surface area (Å²) in [6.45, 7) is 14.2. The van der Waals surface area contributed by atoms with E-state index in [9.17, 15) is 4.79 Å². The molecule has 1 atom stereocenters. The van der Waals surface area contributed by atoms with Crippen molar-refractivity contribution in [2.75, 3.05) is 13.1 Å². The van der Waals surface area contributed by atoms with Crippen molar-refractivity contribution in [3.05, 3.63) is 59.3 Å². The zero-order valence-corrected chi connectivity index (χ0v) is 16.5. The average Bonchev–Trinajstić information content (AvgIpc) is 2.60. The van der Waals surface area contributed by atoms with Crippen molar-refractivity contribution in [1.82, 2.24) is 10.2 Å². The number of allylic oxidation sites excluding steroid dienone is 2. The molecule has 26 heavy (non-hydrogen) atoms. The van der Waals surface area contributed by atoms with Crippen LogP contribution in [0.2, 0.25) is 0 Å². The first-order valence-corrected chi connectivity index (χ1v) is 9.32. The van der Waals surface area contributed by atoms with Crippen molar-refractivity contribution >= 4 is 11.7 Å². The number of hydrogen-bond donors (Lipinski definition) is 1. The minimum Gasteiger partial charge on any atom is -0.356 e. The Morgan fingerprint density at radius 2 is 2.00 bits per heavy atom. The van der Waals surface area contributed by atoms with Crippen LogP contribution in [0.5, 0.6) is 0 Å². The number of likely N-dealkylation sites (tertiary alicyclic amines) is 1. The van der Waals surface area contributed by atoms with Gasteiger partial charge in [0.15, 0.2) is 0 Å². The Morgan fingerprint density at radius 1 is 1.31 bits per heavy atom. The predicted octanol–water partition coefficient (Wildman–Crippen LogP) is 4.22. The highest BCUT2D eigenvalue weighted by molar-refractivity contribution is 5.94. The van der Waals surface area contributed by atoms with E-state index in [0.29, 0.717) is 13.1 Å². The number of amides is 1. The molecule has 2 rings (SSSR count). The summed E-state index contributed by atoms with van der Waals surface area (Å²) in [6.07, 6.45) is 3.99. The normalized spacial score (nSPS) is 17.6. The van der Waals surface area contributed by atoms with Gasteiger partial charge in [0.2, 0.25) is 5.91 Å². The number of amidine groups is 1. The summed E-state index contributed by atoms with van der Waals surface area (Å²) in [5, 5.41) is 3.09. The van der Waals surface area contributed by atoms with Gasteiger partial charge in [-0.1, -0.05) is 42.0 Å². The molecule has 0 spiro atoms. The summed E-state index contributed by atoms with van der Waals surface area (Å²) in [5.41, 5.74) is 4.33. The maximum Gasteiger partial charge on any atom is 0.225 e. The van der Waals surface area contributed by atoms with Gasteiger partial charge in [-0.15, -0.1) is 0 Å². The molecule has 1 heterocycles. The van der Waals surface area contributed by atoms with Crippen LogP contribution in [-0.4, -0.2) is 29.7 Å². The van der Waals surface area contributed by atoms with E-state index in [-0.39, 0.29) is 11.8 Å². The molecule has 0 saturated carbocycles. The van der Waals surface area contributed by atoms with E-state index in [0.717, 1.165) is 36.5 Å². The fraction of sp³-hybridized carbons (Fsp3) is 0.455. The number of carbonyl (C=O) groups is 1. The van der Waals surface area contributed by atoms with Crippen LogP contribution < -0.4 is 5.32 Å². The molecular weight excluding hydrogens is 322 g/mol. The lowest BCUT2D eigenvalue weighted by atomic mass is 9.96. The van der Waals surface area contributed by atoms with Crippen LogP contribution in [0.15, 0.2) is 53.2 Å². The number of rotatable bonds is 5. The van der Waals surface area contributed by atoms with Gasteiger partial charge in [-0.25, -0.2) is 4.99 Å². The molecule has 1 aliphatic heterocycles. The number of piperidine rings is 1. The molecule has 1 unspecified atom stereocenters.